The van der Waals surface area contributed by atoms with Crippen molar-refractivity contribution in [3.63, 3.8) is 0 Å². The Morgan fingerprint density at radius 3 is 2.33 bits per heavy atom. The summed E-state index contributed by atoms with van der Waals surface area (Å²) in [5, 5.41) is 5.47. The van der Waals surface area contributed by atoms with Gasteiger partial charge in [0.05, 0.1) is 29.6 Å². The topological polar surface area (TPSA) is 111 Å². The van der Waals surface area contributed by atoms with Crippen LogP contribution >= 0.6 is 0 Å². The predicted molar refractivity (Wildman–Crippen MR) is 149 cm³/mol. The highest BCUT2D eigenvalue weighted by Crippen LogP contribution is 2.49. The van der Waals surface area contributed by atoms with Gasteiger partial charge in [0.25, 0.3) is 15.7 Å². The van der Waals surface area contributed by atoms with E-state index in [-0.39, 0.29) is 40.7 Å². The Labute approximate surface area is 247 Å². The zero-order valence-corrected chi connectivity index (χ0v) is 24.6. The summed E-state index contributed by atoms with van der Waals surface area (Å²) in [5.41, 5.74) is -5.55. The maximum absolute atomic E-state index is 14.9. The Hall–Kier alpha value is -3.35. The molecule has 0 unspecified atom stereocenters. The van der Waals surface area contributed by atoms with E-state index >= 15 is 0 Å². The zero-order chi connectivity index (χ0) is 31.1. The van der Waals surface area contributed by atoms with Gasteiger partial charge >= 0.3 is 5.51 Å². The number of nitrogens with one attached hydrogen (secondary N) is 2. The fraction of sp³-hybridized carbons (Fsp3) is 0.533. The smallest absolute Gasteiger partial charge is 0.496 e. The van der Waals surface area contributed by atoms with Crippen LogP contribution in [0.5, 0.6) is 11.5 Å². The van der Waals surface area contributed by atoms with Gasteiger partial charge in [-0.2, -0.15) is 13.2 Å². The van der Waals surface area contributed by atoms with Crippen LogP contribution in [0.4, 0.5) is 23.2 Å². The number of amides is 2. The van der Waals surface area contributed by atoms with Crippen LogP contribution < -0.4 is 20.1 Å². The first kappa shape index (κ1) is 31.1. The number of methoxy groups -OCH3 is 1. The molecule has 0 saturated heterocycles. The van der Waals surface area contributed by atoms with Crippen molar-refractivity contribution in [1.82, 2.24) is 5.32 Å². The van der Waals surface area contributed by atoms with Crippen molar-refractivity contribution in [1.29, 1.82) is 0 Å². The lowest BCUT2D eigenvalue weighted by molar-refractivity contribution is -0.122. The largest absolute Gasteiger partial charge is 0.501 e. The number of carbonyl (C=O) groups is 2. The van der Waals surface area contributed by atoms with Crippen molar-refractivity contribution in [2.24, 2.45) is 23.7 Å². The number of benzene rings is 2. The molecule has 234 valence electrons. The third kappa shape index (κ3) is 6.32. The molecular weight excluding hydrogens is 592 g/mol. The average Bonchev–Trinajstić information content (AvgIpc) is 3.56. The van der Waals surface area contributed by atoms with E-state index in [0.29, 0.717) is 12.3 Å². The van der Waals surface area contributed by atoms with Crippen LogP contribution in [0.15, 0.2) is 41.3 Å². The van der Waals surface area contributed by atoms with Crippen LogP contribution in [0.3, 0.4) is 0 Å². The highest BCUT2D eigenvalue weighted by molar-refractivity contribution is 7.92. The van der Waals surface area contributed by atoms with Gasteiger partial charge in [0.1, 0.15) is 5.75 Å². The van der Waals surface area contributed by atoms with Crippen LogP contribution in [0.25, 0.3) is 0 Å². The molecule has 0 aromatic heterocycles. The molecule has 0 spiro atoms. The Bertz CT molecular complexity index is 1490. The molecule has 3 aliphatic rings. The van der Waals surface area contributed by atoms with Crippen molar-refractivity contribution in [2.75, 3.05) is 12.4 Å². The van der Waals surface area contributed by atoms with Crippen molar-refractivity contribution in [3.05, 3.63) is 47.8 Å². The molecule has 2 aromatic rings. The van der Waals surface area contributed by atoms with Crippen LogP contribution in [0.2, 0.25) is 0 Å². The first-order valence-corrected chi connectivity index (χ1v) is 15.8. The molecular formula is C30H34F4N2O6S. The van der Waals surface area contributed by atoms with Gasteiger partial charge in [-0.1, -0.05) is 13.0 Å². The molecule has 0 aliphatic heterocycles. The van der Waals surface area contributed by atoms with Crippen LogP contribution in [-0.4, -0.2) is 45.0 Å². The summed E-state index contributed by atoms with van der Waals surface area (Å²) in [7, 11) is -4.29. The second-order valence-corrected chi connectivity index (χ2v) is 13.7. The molecule has 0 radical (unpaired) electrons. The van der Waals surface area contributed by atoms with E-state index in [1.54, 1.807) is 0 Å². The lowest BCUT2D eigenvalue weighted by Gasteiger charge is -2.31. The van der Waals surface area contributed by atoms with Crippen molar-refractivity contribution >= 4 is 27.3 Å². The Kier molecular flexibility index (Phi) is 8.65. The third-order valence-electron chi connectivity index (χ3n) is 8.99. The number of fused-ring (bicyclic) bond motifs is 2. The third-order valence-corrected chi connectivity index (χ3v) is 10.5. The zero-order valence-electron chi connectivity index (χ0n) is 23.7. The lowest BCUT2D eigenvalue weighted by Crippen LogP contribution is -2.48. The van der Waals surface area contributed by atoms with E-state index < -0.39 is 49.8 Å². The molecule has 3 saturated carbocycles. The van der Waals surface area contributed by atoms with E-state index in [4.69, 9.17) is 9.47 Å². The summed E-state index contributed by atoms with van der Waals surface area (Å²) in [6.45, 7) is 2.16. The maximum Gasteiger partial charge on any atom is 0.501 e. The number of alkyl halides is 3. The van der Waals surface area contributed by atoms with Gasteiger partial charge in [-0.15, -0.1) is 0 Å². The van der Waals surface area contributed by atoms with E-state index in [1.807, 2.05) is 0 Å². The average molecular weight is 627 g/mol. The molecule has 3 aliphatic carbocycles. The molecule has 4 atom stereocenters. The molecule has 2 amide bonds. The normalized spacial score (nSPS) is 27.0. The van der Waals surface area contributed by atoms with Crippen molar-refractivity contribution < 1.29 is 45.0 Å². The van der Waals surface area contributed by atoms with Crippen LogP contribution in [-0.2, 0) is 14.6 Å². The summed E-state index contributed by atoms with van der Waals surface area (Å²) in [5.74, 6) is -2.06. The molecule has 3 fully saturated rings. The van der Waals surface area contributed by atoms with E-state index in [9.17, 15) is 35.6 Å². The SMILES string of the molecule is COc1cc(F)c(O[C@H]2CC[C@H](C)CC2)cc1C(=O)N[C@@H]1[C@H]2CC[C@H](C2)[C@@H]1C(=O)Nc1cccc(S(=O)(=O)C(F)(F)F)c1. The minimum Gasteiger partial charge on any atom is -0.496 e. The number of hydrogen-bond acceptors (Lipinski definition) is 6. The standard InChI is InChI=1S/C30H34F4N2O6S/c1-16-6-10-20(11-7-16)42-25-14-22(24(41-2)15-23(25)31)28(37)36-27-18-9-8-17(12-18)26(27)29(38)35-19-4-3-5-21(13-19)43(39,40)30(32,33)34/h3-5,13-18,20,26-27H,6-12H2,1-2H3,(H,35,38)(H,36,37)/t16-,17-,18+,20-,26+,27-/m1/s1. The molecule has 2 aromatic carbocycles. The number of ether oxygens (including phenoxy) is 2. The van der Waals surface area contributed by atoms with Gasteiger partial charge < -0.3 is 20.1 Å². The second-order valence-electron chi connectivity index (χ2n) is 11.8. The minimum atomic E-state index is -5.60. The van der Waals surface area contributed by atoms with Crippen molar-refractivity contribution in [2.45, 2.75) is 74.4 Å². The predicted octanol–water partition coefficient (Wildman–Crippen LogP) is 5.87. The molecule has 43 heavy (non-hydrogen) atoms. The monoisotopic (exact) mass is 626 g/mol. The van der Waals surface area contributed by atoms with Gasteiger partial charge in [0.2, 0.25) is 5.91 Å². The van der Waals surface area contributed by atoms with E-state index in [0.717, 1.165) is 62.8 Å². The summed E-state index contributed by atoms with van der Waals surface area (Å²) in [6, 6.07) is 5.79. The van der Waals surface area contributed by atoms with E-state index in [2.05, 4.69) is 17.6 Å². The molecule has 0 heterocycles. The second kappa shape index (κ2) is 12.0. The van der Waals surface area contributed by atoms with Gasteiger partial charge in [-0.25, -0.2) is 12.8 Å². The fourth-order valence-corrected chi connectivity index (χ4v) is 7.51. The maximum atomic E-state index is 14.9. The number of hydrogen-bond donors (Lipinski definition) is 2. The van der Waals surface area contributed by atoms with Gasteiger partial charge in [0.15, 0.2) is 11.6 Å². The molecule has 2 N–H and O–H groups in total. The summed E-state index contributed by atoms with van der Waals surface area (Å²) >= 11 is 0. The Morgan fingerprint density at radius 1 is 0.953 bits per heavy atom. The minimum absolute atomic E-state index is 0.00598. The summed E-state index contributed by atoms with van der Waals surface area (Å²) < 4.78 is 89.0. The summed E-state index contributed by atoms with van der Waals surface area (Å²) in [4.78, 5) is 26.0. The Balaban J connectivity index is 1.34. The van der Waals surface area contributed by atoms with E-state index in [1.165, 1.54) is 19.2 Å². The number of sulfone groups is 1. The highest BCUT2D eigenvalue weighted by atomic mass is 32.2. The fourth-order valence-electron chi connectivity index (χ4n) is 6.70. The quantitative estimate of drug-likeness (QED) is 0.355. The van der Waals surface area contributed by atoms with Crippen molar-refractivity contribution in [3.8, 4) is 11.5 Å². The summed E-state index contributed by atoms with van der Waals surface area (Å²) in [6.07, 6.45) is 5.49. The number of carbonyl (C=O) groups excluding carboxylic acids is 2. The molecule has 8 nitrogen and oxygen atoms in total. The van der Waals surface area contributed by atoms with Gasteiger partial charge in [-0.3, -0.25) is 9.59 Å². The first-order valence-electron chi connectivity index (χ1n) is 14.4. The number of anilines is 1. The van der Waals surface area contributed by atoms with Crippen LogP contribution in [0, 0.1) is 29.5 Å². The van der Waals surface area contributed by atoms with Gasteiger partial charge in [0, 0.05) is 17.8 Å². The van der Waals surface area contributed by atoms with Gasteiger partial charge in [-0.05, 0) is 87.0 Å². The van der Waals surface area contributed by atoms with Crippen LogP contribution in [0.1, 0.15) is 62.2 Å². The Morgan fingerprint density at radius 2 is 1.65 bits per heavy atom. The highest BCUT2D eigenvalue weighted by Gasteiger charge is 2.52. The lowest BCUT2D eigenvalue weighted by atomic mass is 9.83. The molecule has 2 bridgehead atoms. The molecule has 13 heteroatoms. The molecule has 5 rings (SSSR count). The first-order chi connectivity index (χ1) is 20.3. The number of halogens is 4. The number of rotatable bonds is 8.